The highest BCUT2D eigenvalue weighted by molar-refractivity contribution is 8.00. The van der Waals surface area contributed by atoms with E-state index in [0.29, 0.717) is 17.7 Å². The van der Waals surface area contributed by atoms with Gasteiger partial charge in [0.05, 0.1) is 11.6 Å². The van der Waals surface area contributed by atoms with Crippen LogP contribution in [0, 0.1) is 0 Å². The van der Waals surface area contributed by atoms with Gasteiger partial charge in [-0.1, -0.05) is 79.2 Å². The van der Waals surface area contributed by atoms with Crippen LogP contribution in [0.15, 0.2) is 99.3 Å². The number of hydrogen-bond acceptors (Lipinski definition) is 10. The van der Waals surface area contributed by atoms with Crippen LogP contribution in [0.1, 0.15) is 47.4 Å². The molecule has 2 aliphatic heterocycles. The number of hydrogen-bond donors (Lipinski definition) is 2. The van der Waals surface area contributed by atoms with Gasteiger partial charge in [-0.25, -0.2) is 9.59 Å². The molecule has 1 fully saturated rings. The third kappa shape index (κ3) is 7.71. The van der Waals surface area contributed by atoms with E-state index in [4.69, 9.17) is 37.1 Å². The quantitative estimate of drug-likeness (QED) is 0.0653. The molecule has 2 unspecified atom stereocenters. The van der Waals surface area contributed by atoms with Crippen molar-refractivity contribution >= 4 is 75.6 Å². The zero-order valence-corrected chi connectivity index (χ0v) is 29.9. The lowest BCUT2D eigenvalue weighted by Crippen LogP contribution is -2.71. The van der Waals surface area contributed by atoms with Crippen LogP contribution < -0.4 is 21.0 Å². The van der Waals surface area contributed by atoms with Gasteiger partial charge in [-0.05, 0) is 35.3 Å². The fourth-order valence-electron chi connectivity index (χ4n) is 5.74. The van der Waals surface area contributed by atoms with E-state index < -0.39 is 64.9 Å². The molecule has 1 aromatic heterocycles. The first-order valence-electron chi connectivity index (χ1n) is 16.2. The molecule has 0 spiro atoms. The number of esters is 2. The third-order valence-electron chi connectivity index (χ3n) is 8.27. The van der Waals surface area contributed by atoms with Crippen molar-refractivity contribution in [2.45, 2.75) is 37.3 Å². The Labute approximate surface area is 311 Å². The van der Waals surface area contributed by atoms with Gasteiger partial charge in [0.15, 0.2) is 11.9 Å². The van der Waals surface area contributed by atoms with Crippen molar-refractivity contribution in [3.8, 4) is 5.75 Å². The summed E-state index contributed by atoms with van der Waals surface area (Å²) in [5, 5.41) is 4.68. The molecule has 2 atom stereocenters. The number of benzene rings is 3. The maximum atomic E-state index is 13.8. The molecule has 3 heterocycles. The van der Waals surface area contributed by atoms with Crippen LogP contribution in [0.3, 0.4) is 0 Å². The summed E-state index contributed by atoms with van der Waals surface area (Å²) < 4.78 is 16.5. The summed E-state index contributed by atoms with van der Waals surface area (Å²) in [6, 6.07) is 21.3. The second-order valence-electron chi connectivity index (χ2n) is 11.8. The third-order valence-corrected chi connectivity index (χ3v) is 10.2. The van der Waals surface area contributed by atoms with E-state index in [1.54, 1.807) is 0 Å². The predicted octanol–water partition coefficient (Wildman–Crippen LogP) is 5.11. The van der Waals surface area contributed by atoms with Crippen LogP contribution in [0.25, 0.3) is 11.0 Å². The molecule has 268 valence electrons. The van der Waals surface area contributed by atoms with Crippen molar-refractivity contribution in [3.05, 3.63) is 122 Å². The molecular weight excluding hydrogens is 733 g/mol. The van der Waals surface area contributed by atoms with Crippen molar-refractivity contribution in [1.82, 2.24) is 15.5 Å². The highest BCUT2D eigenvalue weighted by Crippen LogP contribution is 2.42. The van der Waals surface area contributed by atoms with Crippen molar-refractivity contribution in [2.75, 3.05) is 18.2 Å². The Morgan fingerprint density at radius 2 is 1.67 bits per heavy atom. The van der Waals surface area contributed by atoms with Gasteiger partial charge in [0.25, 0.3) is 11.8 Å². The topological polar surface area (TPSA) is 161 Å². The monoisotopic (exact) mass is 763 g/mol. The van der Waals surface area contributed by atoms with Crippen LogP contribution in [-0.4, -0.2) is 64.2 Å². The highest BCUT2D eigenvalue weighted by atomic mass is 35.5. The molecule has 0 bridgehead atoms. The van der Waals surface area contributed by atoms with Crippen molar-refractivity contribution < 1.29 is 37.9 Å². The standard InChI is InChI=1S/C37H31Cl2N3O9S/c1-2-9-29(44)49-27-16-26-22(15-25(27)39)14-24(36(47)50-26)33(45)40-18-28(43)41-30-34(46)42-31(23(17-38)19-52-35(30)42)37(48)51-32(20-10-5-3-6-11-20)21-12-7-4-8-13-21/h3-8,10-16,30,32,35H,2,9,17-19H2,1H3,(H,40,45)(H,41,43). The largest absolute Gasteiger partial charge is 0.448 e. The summed E-state index contributed by atoms with van der Waals surface area (Å²) >= 11 is 13.8. The number of β-lactam (4-membered cyclic amide) rings is 1. The van der Waals surface area contributed by atoms with Crippen LogP contribution in [0.5, 0.6) is 5.75 Å². The number of fused-ring (bicyclic) bond motifs is 2. The Kier molecular flexibility index (Phi) is 11.3. The number of carbonyl (C=O) groups excluding carboxylic acids is 5. The van der Waals surface area contributed by atoms with Crippen molar-refractivity contribution in [1.29, 1.82) is 0 Å². The Morgan fingerprint density at radius 3 is 2.31 bits per heavy atom. The second kappa shape index (κ2) is 16.1. The molecule has 12 nitrogen and oxygen atoms in total. The van der Waals surface area contributed by atoms with Crippen LogP contribution in [0.2, 0.25) is 5.02 Å². The highest BCUT2D eigenvalue weighted by Gasteiger charge is 2.54. The Morgan fingerprint density at radius 1 is 1.00 bits per heavy atom. The van der Waals surface area contributed by atoms with Gasteiger partial charge in [-0.2, -0.15) is 0 Å². The second-order valence-corrected chi connectivity index (χ2v) is 13.6. The average molecular weight is 765 g/mol. The maximum absolute atomic E-state index is 13.8. The molecule has 0 saturated carbocycles. The molecule has 1 saturated heterocycles. The summed E-state index contributed by atoms with van der Waals surface area (Å²) in [6.07, 6.45) is -0.0122. The number of thioether (sulfide) groups is 1. The normalized spacial score (nSPS) is 16.6. The molecule has 2 aliphatic rings. The van der Waals surface area contributed by atoms with Crippen molar-refractivity contribution in [3.63, 3.8) is 0 Å². The summed E-state index contributed by atoms with van der Waals surface area (Å²) in [6.45, 7) is 1.24. The molecule has 0 radical (unpaired) electrons. The average Bonchev–Trinajstić information content (AvgIpc) is 3.15. The minimum absolute atomic E-state index is 0.00632. The number of carbonyl (C=O) groups is 5. The smallest absolute Gasteiger partial charge is 0.356 e. The zero-order chi connectivity index (χ0) is 36.9. The lowest BCUT2D eigenvalue weighted by atomic mass is 10.0. The minimum Gasteiger partial charge on any atom is -0.448 e. The van der Waals surface area contributed by atoms with Gasteiger partial charge < -0.3 is 24.5 Å². The van der Waals surface area contributed by atoms with E-state index in [0.717, 1.165) is 11.1 Å². The predicted molar refractivity (Wildman–Crippen MR) is 194 cm³/mol. The molecule has 3 amide bonds. The first-order chi connectivity index (χ1) is 25.1. The Hall–Kier alpha value is -5.11. The Bertz CT molecular complexity index is 2100. The SMILES string of the molecule is CCCC(=O)Oc1cc2oc(=O)c(C(=O)NCC(=O)NC3C(=O)N4C(C(=O)OC(c5ccccc5)c5ccccc5)=C(CCl)CSC34)cc2cc1Cl. The molecule has 6 rings (SSSR count). The first-order valence-corrected chi connectivity index (χ1v) is 18.1. The molecular formula is C37H31Cl2N3O9S. The molecule has 15 heteroatoms. The van der Waals surface area contributed by atoms with Gasteiger partial charge in [0.2, 0.25) is 5.91 Å². The number of halogens is 2. The van der Waals surface area contributed by atoms with Crippen LogP contribution >= 0.6 is 35.0 Å². The first kappa shape index (κ1) is 36.7. The lowest BCUT2D eigenvalue weighted by Gasteiger charge is -2.49. The summed E-state index contributed by atoms with van der Waals surface area (Å²) in [7, 11) is 0. The summed E-state index contributed by atoms with van der Waals surface area (Å²) in [5.74, 6) is -3.08. The van der Waals surface area contributed by atoms with Crippen LogP contribution in [0.4, 0.5) is 0 Å². The van der Waals surface area contributed by atoms with Gasteiger partial charge in [0, 0.05) is 29.5 Å². The molecule has 2 N–H and O–H groups in total. The fourth-order valence-corrected chi connectivity index (χ4v) is 7.63. The molecule has 0 aliphatic carbocycles. The zero-order valence-electron chi connectivity index (χ0n) is 27.6. The van der Waals surface area contributed by atoms with Gasteiger partial charge in [0.1, 0.15) is 28.3 Å². The van der Waals surface area contributed by atoms with Gasteiger partial charge in [-0.3, -0.25) is 24.1 Å². The van der Waals surface area contributed by atoms with Crippen molar-refractivity contribution in [2.24, 2.45) is 0 Å². The van der Waals surface area contributed by atoms with E-state index in [-0.39, 0.29) is 39.7 Å². The van der Waals surface area contributed by atoms with Crippen LogP contribution in [-0.2, 0) is 23.9 Å². The maximum Gasteiger partial charge on any atom is 0.356 e. The van der Waals surface area contributed by atoms with Gasteiger partial charge >= 0.3 is 17.6 Å². The number of nitrogens with zero attached hydrogens (tertiary/aromatic N) is 1. The molecule has 3 aromatic carbocycles. The molecule has 4 aromatic rings. The van der Waals surface area contributed by atoms with E-state index >= 15 is 0 Å². The van der Waals surface area contributed by atoms with E-state index in [2.05, 4.69) is 10.6 Å². The van der Waals surface area contributed by atoms with E-state index in [9.17, 15) is 28.8 Å². The number of rotatable bonds is 12. The van der Waals surface area contributed by atoms with E-state index in [1.807, 2.05) is 67.6 Å². The van der Waals surface area contributed by atoms with E-state index in [1.165, 1.54) is 34.9 Å². The number of ether oxygens (including phenoxy) is 2. The van der Waals surface area contributed by atoms with Gasteiger partial charge in [-0.15, -0.1) is 23.4 Å². The number of alkyl halides is 1. The fraction of sp³-hybridized carbons (Fsp3) is 0.243. The molecule has 52 heavy (non-hydrogen) atoms. The summed E-state index contributed by atoms with van der Waals surface area (Å²) in [4.78, 5) is 78.9. The number of nitrogens with one attached hydrogen (secondary N) is 2. The lowest BCUT2D eigenvalue weighted by molar-refractivity contribution is -0.154. The Balaban J connectivity index is 1.10. The summed E-state index contributed by atoms with van der Waals surface area (Å²) in [5.41, 5.74) is 0.673. The number of amides is 3. The minimum atomic E-state index is -0.998.